The molecule has 0 saturated carbocycles. The van der Waals surface area contributed by atoms with Crippen molar-refractivity contribution in [1.82, 2.24) is 10.2 Å². The van der Waals surface area contributed by atoms with Gasteiger partial charge in [0, 0.05) is 24.0 Å². The number of carbonyl (C=O) groups excluding carboxylic acids is 2. The Morgan fingerprint density at radius 3 is 2.18 bits per heavy atom. The average Bonchev–Trinajstić information content (AvgIpc) is 2.90. The van der Waals surface area contributed by atoms with E-state index < -0.39 is 6.04 Å². The maximum absolute atomic E-state index is 13.7. The van der Waals surface area contributed by atoms with E-state index in [0.29, 0.717) is 27.2 Å². The summed E-state index contributed by atoms with van der Waals surface area (Å²) in [5.74, 6) is -0.0211. The maximum atomic E-state index is 13.7. The fourth-order valence-electron chi connectivity index (χ4n) is 4.05. The Morgan fingerprint density at radius 1 is 0.921 bits per heavy atom. The van der Waals surface area contributed by atoms with E-state index in [0.717, 1.165) is 28.7 Å². The van der Waals surface area contributed by atoms with Crippen molar-refractivity contribution in [3.05, 3.63) is 98.0 Å². The summed E-state index contributed by atoms with van der Waals surface area (Å²) in [6, 6.07) is 17.6. The summed E-state index contributed by atoms with van der Waals surface area (Å²) in [5.41, 5.74) is 3.40. The van der Waals surface area contributed by atoms with Crippen molar-refractivity contribution >= 4 is 46.6 Å². The molecule has 0 saturated heterocycles. The summed E-state index contributed by atoms with van der Waals surface area (Å²) in [6.45, 7) is 7.62. The second kappa shape index (κ2) is 13.9. The van der Waals surface area contributed by atoms with Gasteiger partial charge < -0.3 is 15.0 Å². The number of hydrogen-bond acceptors (Lipinski definition) is 3. The van der Waals surface area contributed by atoms with Crippen LogP contribution < -0.4 is 10.1 Å². The minimum absolute atomic E-state index is 0.0426. The zero-order valence-electron chi connectivity index (χ0n) is 22.1. The van der Waals surface area contributed by atoms with Crippen LogP contribution >= 0.6 is 34.8 Å². The third-order valence-electron chi connectivity index (χ3n) is 6.38. The molecule has 0 aliphatic carbocycles. The Bertz CT molecular complexity index is 1240. The van der Waals surface area contributed by atoms with Crippen LogP contribution in [0, 0.1) is 13.8 Å². The Kier molecular flexibility index (Phi) is 10.9. The smallest absolute Gasteiger partial charge is 0.261 e. The lowest BCUT2D eigenvalue weighted by Crippen LogP contribution is -2.53. The highest BCUT2D eigenvalue weighted by Crippen LogP contribution is 2.27. The monoisotopic (exact) mass is 574 g/mol. The Hall–Kier alpha value is -2.73. The Labute approximate surface area is 240 Å². The molecule has 0 aromatic heterocycles. The Morgan fingerprint density at radius 2 is 1.58 bits per heavy atom. The molecule has 0 heterocycles. The number of amides is 2. The van der Waals surface area contributed by atoms with Gasteiger partial charge in [-0.2, -0.15) is 0 Å². The molecule has 3 rings (SSSR count). The first-order chi connectivity index (χ1) is 18.1. The maximum Gasteiger partial charge on any atom is 0.261 e. The summed E-state index contributed by atoms with van der Waals surface area (Å²) in [7, 11) is 0. The van der Waals surface area contributed by atoms with Crippen LogP contribution in [0.4, 0.5) is 0 Å². The van der Waals surface area contributed by atoms with Crippen molar-refractivity contribution in [2.24, 2.45) is 0 Å². The van der Waals surface area contributed by atoms with Gasteiger partial charge in [-0.25, -0.2) is 0 Å². The number of nitrogens with zero attached hydrogens (tertiary/aromatic N) is 1. The highest BCUT2D eigenvalue weighted by atomic mass is 35.5. The van der Waals surface area contributed by atoms with E-state index in [1.807, 2.05) is 58.0 Å². The molecule has 3 aromatic rings. The van der Waals surface area contributed by atoms with Gasteiger partial charge in [0.25, 0.3) is 5.91 Å². The second-order valence-corrected chi connectivity index (χ2v) is 10.6. The van der Waals surface area contributed by atoms with Gasteiger partial charge in [-0.3, -0.25) is 9.59 Å². The molecule has 8 heteroatoms. The summed E-state index contributed by atoms with van der Waals surface area (Å²) < 4.78 is 5.90. The lowest BCUT2D eigenvalue weighted by molar-refractivity contribution is -0.143. The SMILES string of the molecule is CCC(C)NC(=O)C(Cc1ccccc1)N(Cc1ccc(Cl)c(Cl)c1)C(=O)COc1cc(C)c(Cl)c(C)c1. The van der Waals surface area contributed by atoms with E-state index in [1.54, 1.807) is 35.2 Å². The predicted molar refractivity (Wildman–Crippen MR) is 155 cm³/mol. The summed E-state index contributed by atoms with van der Waals surface area (Å²) in [6.07, 6.45) is 1.11. The number of aryl methyl sites for hydroxylation is 2. The molecule has 1 N–H and O–H groups in total. The van der Waals surface area contributed by atoms with E-state index in [1.165, 1.54) is 0 Å². The van der Waals surface area contributed by atoms with Crippen LogP contribution in [-0.4, -0.2) is 35.4 Å². The van der Waals surface area contributed by atoms with Crippen LogP contribution in [0.2, 0.25) is 15.1 Å². The first-order valence-electron chi connectivity index (χ1n) is 12.6. The van der Waals surface area contributed by atoms with Gasteiger partial charge in [0.1, 0.15) is 11.8 Å². The molecule has 0 fully saturated rings. The third kappa shape index (κ3) is 8.13. The normalized spacial score (nSPS) is 12.5. The minimum Gasteiger partial charge on any atom is -0.484 e. The van der Waals surface area contributed by atoms with Gasteiger partial charge in [0.15, 0.2) is 6.61 Å². The molecule has 2 amide bonds. The lowest BCUT2D eigenvalue weighted by atomic mass is 10.0. The van der Waals surface area contributed by atoms with Crippen molar-refractivity contribution in [2.45, 2.75) is 59.2 Å². The van der Waals surface area contributed by atoms with Gasteiger partial charge >= 0.3 is 0 Å². The topological polar surface area (TPSA) is 58.6 Å². The van der Waals surface area contributed by atoms with Crippen molar-refractivity contribution < 1.29 is 14.3 Å². The number of carbonyl (C=O) groups is 2. The predicted octanol–water partition coefficient (Wildman–Crippen LogP) is 7.20. The average molecular weight is 576 g/mol. The minimum atomic E-state index is -0.773. The molecule has 0 bridgehead atoms. The molecule has 2 atom stereocenters. The van der Waals surface area contributed by atoms with Crippen LogP contribution in [0.3, 0.4) is 0 Å². The molecular weight excluding hydrogens is 543 g/mol. The van der Waals surface area contributed by atoms with Crippen molar-refractivity contribution in [3.63, 3.8) is 0 Å². The summed E-state index contributed by atoms with van der Waals surface area (Å²) in [5, 5.41) is 4.51. The van der Waals surface area contributed by atoms with Crippen LogP contribution in [0.25, 0.3) is 0 Å². The van der Waals surface area contributed by atoms with Gasteiger partial charge in [-0.1, -0.05) is 78.1 Å². The molecule has 0 spiro atoms. The van der Waals surface area contributed by atoms with Crippen molar-refractivity contribution in [3.8, 4) is 5.75 Å². The molecule has 3 aromatic carbocycles. The molecule has 38 heavy (non-hydrogen) atoms. The largest absolute Gasteiger partial charge is 0.484 e. The number of ether oxygens (including phenoxy) is 1. The van der Waals surface area contributed by atoms with Crippen LogP contribution in [-0.2, 0) is 22.6 Å². The van der Waals surface area contributed by atoms with E-state index in [4.69, 9.17) is 39.5 Å². The first kappa shape index (κ1) is 29.8. The standard InChI is InChI=1S/C30H33Cl3N2O3/c1-5-21(4)34-30(37)27(16-22-9-7-6-8-10-22)35(17-23-11-12-25(31)26(32)15-23)28(36)18-38-24-13-19(2)29(33)20(3)14-24/h6-15,21,27H,5,16-18H2,1-4H3,(H,34,37). The van der Waals surface area contributed by atoms with Crippen LogP contribution in [0.1, 0.15) is 42.5 Å². The number of nitrogens with one attached hydrogen (secondary N) is 1. The fourth-order valence-corrected chi connectivity index (χ4v) is 4.48. The second-order valence-electron chi connectivity index (χ2n) is 9.45. The number of hydrogen-bond donors (Lipinski definition) is 1. The zero-order valence-corrected chi connectivity index (χ0v) is 24.3. The fraction of sp³-hybridized carbons (Fsp3) is 0.333. The van der Waals surface area contributed by atoms with Crippen molar-refractivity contribution in [2.75, 3.05) is 6.61 Å². The molecule has 202 valence electrons. The quantitative estimate of drug-likeness (QED) is 0.263. The van der Waals surface area contributed by atoms with Crippen molar-refractivity contribution in [1.29, 1.82) is 0 Å². The third-order valence-corrected chi connectivity index (χ3v) is 7.72. The summed E-state index contributed by atoms with van der Waals surface area (Å²) >= 11 is 18.7. The number of benzene rings is 3. The number of halogens is 3. The molecular formula is C30H33Cl3N2O3. The van der Waals surface area contributed by atoms with E-state index in [2.05, 4.69) is 5.32 Å². The zero-order chi connectivity index (χ0) is 27.8. The first-order valence-corrected chi connectivity index (χ1v) is 13.7. The van der Waals surface area contributed by atoms with E-state index in [-0.39, 0.29) is 31.0 Å². The van der Waals surface area contributed by atoms with E-state index in [9.17, 15) is 9.59 Å². The highest BCUT2D eigenvalue weighted by Gasteiger charge is 2.31. The molecule has 0 aliphatic rings. The molecule has 2 unspecified atom stereocenters. The van der Waals surface area contributed by atoms with E-state index >= 15 is 0 Å². The van der Waals surface area contributed by atoms with Crippen LogP contribution in [0.5, 0.6) is 5.75 Å². The lowest BCUT2D eigenvalue weighted by Gasteiger charge is -2.32. The number of rotatable bonds is 11. The molecule has 5 nitrogen and oxygen atoms in total. The molecule has 0 radical (unpaired) electrons. The summed E-state index contributed by atoms with van der Waals surface area (Å²) in [4.78, 5) is 28.9. The van der Waals surface area contributed by atoms with Gasteiger partial charge in [-0.15, -0.1) is 0 Å². The van der Waals surface area contributed by atoms with Gasteiger partial charge in [0.2, 0.25) is 5.91 Å². The van der Waals surface area contributed by atoms with Gasteiger partial charge in [0.05, 0.1) is 10.0 Å². The van der Waals surface area contributed by atoms with Crippen LogP contribution in [0.15, 0.2) is 60.7 Å². The van der Waals surface area contributed by atoms with Gasteiger partial charge in [-0.05, 0) is 73.7 Å². The molecule has 0 aliphatic heterocycles. The highest BCUT2D eigenvalue weighted by molar-refractivity contribution is 6.42. The Balaban J connectivity index is 1.95.